The Hall–Kier alpha value is -1.69. The van der Waals surface area contributed by atoms with Gasteiger partial charge in [0.25, 0.3) is 5.82 Å². The number of aromatic nitrogens is 1. The Balaban J connectivity index is 2.11. The lowest BCUT2D eigenvalue weighted by molar-refractivity contribution is -0.414. The Morgan fingerprint density at radius 3 is 2.67 bits per heavy atom. The first kappa shape index (κ1) is 9.85. The molecule has 1 aromatic rings. The van der Waals surface area contributed by atoms with Gasteiger partial charge in [-0.05, 0) is 0 Å². The molecule has 80 valence electrons. The maximum atomic E-state index is 10.4. The van der Waals surface area contributed by atoms with Gasteiger partial charge in [-0.1, -0.05) is 0 Å². The van der Waals surface area contributed by atoms with Crippen molar-refractivity contribution in [1.29, 1.82) is 0 Å². The van der Waals surface area contributed by atoms with Crippen LogP contribution in [-0.2, 0) is 4.74 Å². The summed E-state index contributed by atoms with van der Waals surface area (Å²) in [6.45, 7) is 3.03. The molecule has 0 amide bonds. The third kappa shape index (κ3) is 2.21. The first-order chi connectivity index (χ1) is 7.27. The smallest absolute Gasteiger partial charge is 0.308 e. The van der Waals surface area contributed by atoms with Gasteiger partial charge in [0.2, 0.25) is 0 Å². The summed E-state index contributed by atoms with van der Waals surface area (Å²) in [7, 11) is 0. The lowest BCUT2D eigenvalue weighted by Crippen LogP contribution is -2.39. The number of morpholine rings is 1. The van der Waals surface area contributed by atoms with E-state index in [4.69, 9.17) is 4.74 Å². The van der Waals surface area contributed by atoms with Crippen LogP contribution in [0.1, 0.15) is 0 Å². The number of nitrogens with zero attached hydrogens (tertiary/aromatic N) is 2. The molecule has 6 nitrogen and oxygen atoms in total. The van der Waals surface area contributed by atoms with Gasteiger partial charge >= 0.3 is 5.69 Å². The molecule has 15 heavy (non-hydrogen) atoms. The molecule has 0 aromatic carbocycles. The zero-order valence-corrected chi connectivity index (χ0v) is 8.18. The van der Waals surface area contributed by atoms with Crippen LogP contribution in [0.15, 0.2) is 18.3 Å². The van der Waals surface area contributed by atoms with Gasteiger partial charge in [0.1, 0.15) is 13.1 Å². The standard InChI is InChI=1S/C9H11N3O3/c13-12(14)8-1-2-9(10-7-8)11-3-5-15-6-4-11/h1-2,7H,3-6H2/p+1. The molecule has 0 saturated carbocycles. The van der Waals surface area contributed by atoms with Crippen molar-refractivity contribution in [2.45, 2.75) is 0 Å². The Morgan fingerprint density at radius 2 is 2.13 bits per heavy atom. The molecular formula is C9H12N3O3+. The second-order valence-corrected chi connectivity index (χ2v) is 3.29. The third-order valence-electron chi connectivity index (χ3n) is 2.34. The number of nitrogens with one attached hydrogen (secondary N) is 1. The van der Waals surface area contributed by atoms with E-state index in [0.717, 1.165) is 18.9 Å². The fraction of sp³-hybridized carbons (Fsp3) is 0.444. The quantitative estimate of drug-likeness (QED) is 0.518. The number of pyridine rings is 1. The maximum Gasteiger partial charge on any atom is 0.308 e. The van der Waals surface area contributed by atoms with E-state index in [0.29, 0.717) is 13.2 Å². The average molecular weight is 210 g/mol. The molecule has 0 atom stereocenters. The first-order valence-corrected chi connectivity index (χ1v) is 4.76. The van der Waals surface area contributed by atoms with Crippen molar-refractivity contribution in [2.24, 2.45) is 0 Å². The number of aromatic amines is 1. The summed E-state index contributed by atoms with van der Waals surface area (Å²) in [5.74, 6) is 0.893. The van der Waals surface area contributed by atoms with Crippen LogP contribution in [0.3, 0.4) is 0 Å². The minimum atomic E-state index is -0.417. The van der Waals surface area contributed by atoms with Crippen molar-refractivity contribution in [1.82, 2.24) is 0 Å². The maximum absolute atomic E-state index is 10.4. The van der Waals surface area contributed by atoms with Gasteiger partial charge < -0.3 is 4.74 Å². The second-order valence-electron chi connectivity index (χ2n) is 3.29. The van der Waals surface area contributed by atoms with Crippen LogP contribution >= 0.6 is 0 Å². The summed E-state index contributed by atoms with van der Waals surface area (Å²) in [4.78, 5) is 15.0. The van der Waals surface area contributed by atoms with Crippen LogP contribution in [0.4, 0.5) is 11.5 Å². The third-order valence-corrected chi connectivity index (χ3v) is 2.34. The van der Waals surface area contributed by atoms with Crippen LogP contribution in [0, 0.1) is 10.1 Å². The molecule has 0 radical (unpaired) electrons. The summed E-state index contributed by atoms with van der Waals surface area (Å²) >= 11 is 0. The van der Waals surface area contributed by atoms with E-state index in [9.17, 15) is 10.1 Å². The molecule has 0 aliphatic carbocycles. The zero-order chi connectivity index (χ0) is 10.7. The van der Waals surface area contributed by atoms with Crippen molar-refractivity contribution in [3.63, 3.8) is 0 Å². The van der Waals surface area contributed by atoms with Crippen molar-refractivity contribution in [3.8, 4) is 0 Å². The molecule has 1 N–H and O–H groups in total. The van der Waals surface area contributed by atoms with E-state index < -0.39 is 4.92 Å². The van der Waals surface area contributed by atoms with Gasteiger partial charge in [-0.3, -0.25) is 15.0 Å². The van der Waals surface area contributed by atoms with Crippen molar-refractivity contribution < 1.29 is 14.6 Å². The number of anilines is 1. The topological polar surface area (TPSA) is 69.8 Å². The Morgan fingerprint density at radius 1 is 1.40 bits per heavy atom. The summed E-state index contributed by atoms with van der Waals surface area (Å²) in [6, 6.07) is 3.23. The van der Waals surface area contributed by atoms with Gasteiger partial charge in [0.15, 0.2) is 6.20 Å². The van der Waals surface area contributed by atoms with Crippen LogP contribution in [0.2, 0.25) is 0 Å². The molecule has 2 rings (SSSR count). The lowest BCUT2D eigenvalue weighted by Gasteiger charge is -2.20. The summed E-state index contributed by atoms with van der Waals surface area (Å²) in [5, 5.41) is 10.4. The fourth-order valence-electron chi connectivity index (χ4n) is 1.52. The summed E-state index contributed by atoms with van der Waals surface area (Å²) in [5.41, 5.74) is 0.0759. The Labute approximate surface area is 86.6 Å². The highest BCUT2D eigenvalue weighted by atomic mass is 16.6. The molecule has 1 aliphatic heterocycles. The number of nitro groups is 1. The molecule has 1 fully saturated rings. The lowest BCUT2D eigenvalue weighted by atomic mass is 10.3. The minimum absolute atomic E-state index is 0.0759. The number of H-pyrrole nitrogens is 1. The van der Waals surface area contributed by atoms with E-state index >= 15 is 0 Å². The monoisotopic (exact) mass is 210 g/mol. The fourth-order valence-corrected chi connectivity index (χ4v) is 1.52. The van der Waals surface area contributed by atoms with Crippen LogP contribution in [0.5, 0.6) is 0 Å². The highest BCUT2D eigenvalue weighted by molar-refractivity contribution is 5.37. The number of rotatable bonds is 2. The van der Waals surface area contributed by atoms with Crippen LogP contribution < -0.4 is 9.88 Å². The van der Waals surface area contributed by atoms with Gasteiger partial charge in [0.05, 0.1) is 18.1 Å². The summed E-state index contributed by atoms with van der Waals surface area (Å²) in [6.07, 6.45) is 1.41. The highest BCUT2D eigenvalue weighted by Crippen LogP contribution is 2.13. The molecule has 1 aliphatic rings. The van der Waals surface area contributed by atoms with Gasteiger partial charge in [0, 0.05) is 12.1 Å². The number of hydrogen-bond donors (Lipinski definition) is 0. The molecule has 1 saturated heterocycles. The molecule has 0 spiro atoms. The van der Waals surface area contributed by atoms with E-state index in [2.05, 4.69) is 9.88 Å². The van der Waals surface area contributed by atoms with Crippen molar-refractivity contribution in [2.75, 3.05) is 31.2 Å². The largest absolute Gasteiger partial charge is 0.373 e. The normalized spacial score (nSPS) is 16.4. The average Bonchev–Trinajstić information content (AvgIpc) is 2.30. The molecule has 0 bridgehead atoms. The molecular weight excluding hydrogens is 198 g/mol. The minimum Gasteiger partial charge on any atom is -0.373 e. The highest BCUT2D eigenvalue weighted by Gasteiger charge is 2.19. The molecule has 2 heterocycles. The Kier molecular flexibility index (Phi) is 2.77. The number of ether oxygens (including phenoxy) is 1. The van der Waals surface area contributed by atoms with E-state index in [1.54, 1.807) is 6.07 Å². The summed E-state index contributed by atoms with van der Waals surface area (Å²) < 4.78 is 5.22. The first-order valence-electron chi connectivity index (χ1n) is 4.76. The van der Waals surface area contributed by atoms with E-state index in [1.807, 2.05) is 0 Å². The molecule has 0 unspecified atom stereocenters. The molecule has 6 heteroatoms. The zero-order valence-electron chi connectivity index (χ0n) is 8.18. The van der Waals surface area contributed by atoms with Crippen LogP contribution in [-0.4, -0.2) is 31.2 Å². The second kappa shape index (κ2) is 4.22. The van der Waals surface area contributed by atoms with E-state index in [-0.39, 0.29) is 5.69 Å². The van der Waals surface area contributed by atoms with Gasteiger partial charge in [-0.15, -0.1) is 0 Å². The van der Waals surface area contributed by atoms with Gasteiger partial charge in [-0.25, -0.2) is 4.98 Å². The van der Waals surface area contributed by atoms with E-state index in [1.165, 1.54) is 12.3 Å². The Bertz CT molecular complexity index is 346. The predicted octanol–water partition coefficient (Wildman–Crippen LogP) is 0.245. The number of hydrogen-bond acceptors (Lipinski definition) is 4. The van der Waals surface area contributed by atoms with Crippen molar-refractivity contribution >= 4 is 11.5 Å². The SMILES string of the molecule is O=[N+]([O-])c1ccc(N2CCOCC2)[nH+]c1. The molecule has 1 aromatic heterocycles. The van der Waals surface area contributed by atoms with Gasteiger partial charge in [-0.2, -0.15) is 0 Å². The van der Waals surface area contributed by atoms with Crippen LogP contribution in [0.25, 0.3) is 0 Å². The van der Waals surface area contributed by atoms with Crippen molar-refractivity contribution in [3.05, 3.63) is 28.4 Å². The predicted molar refractivity (Wildman–Crippen MR) is 52.7 cm³/mol.